The van der Waals surface area contributed by atoms with Gasteiger partial charge in [-0.1, -0.05) is 12.1 Å². The van der Waals surface area contributed by atoms with Crippen molar-refractivity contribution >= 4 is 17.6 Å². The highest BCUT2D eigenvalue weighted by atomic mass is 16.5. The fourth-order valence-corrected chi connectivity index (χ4v) is 4.04. The molecule has 122 valence electrons. The van der Waals surface area contributed by atoms with Crippen LogP contribution in [-0.4, -0.2) is 60.6 Å². The third kappa shape index (κ3) is 2.16. The first-order valence-electron chi connectivity index (χ1n) is 8.22. The molecule has 6 heteroatoms. The normalized spacial score (nSPS) is 27.1. The van der Waals surface area contributed by atoms with Gasteiger partial charge in [0.1, 0.15) is 11.8 Å². The van der Waals surface area contributed by atoms with Crippen LogP contribution in [0.1, 0.15) is 19.3 Å². The molecule has 23 heavy (non-hydrogen) atoms. The van der Waals surface area contributed by atoms with E-state index in [1.807, 2.05) is 24.3 Å². The van der Waals surface area contributed by atoms with Crippen molar-refractivity contribution in [2.75, 3.05) is 31.6 Å². The third-order valence-electron chi connectivity index (χ3n) is 5.18. The number of hydrogen-bond donors (Lipinski definition) is 0. The highest BCUT2D eigenvalue weighted by Gasteiger charge is 2.50. The van der Waals surface area contributed by atoms with Crippen molar-refractivity contribution in [3.63, 3.8) is 0 Å². The Kier molecular flexibility index (Phi) is 3.39. The van der Waals surface area contributed by atoms with Crippen LogP contribution in [-0.2, 0) is 4.79 Å². The molecule has 3 aliphatic heterocycles. The molecule has 3 aliphatic rings. The molecular formula is C17H21N3O3. The first-order chi connectivity index (χ1) is 11.2. The van der Waals surface area contributed by atoms with Crippen LogP contribution in [0.2, 0.25) is 0 Å². The van der Waals surface area contributed by atoms with Gasteiger partial charge in [-0.2, -0.15) is 0 Å². The summed E-state index contributed by atoms with van der Waals surface area (Å²) in [7, 11) is 1.66. The van der Waals surface area contributed by atoms with E-state index in [0.717, 1.165) is 37.2 Å². The lowest BCUT2D eigenvalue weighted by Gasteiger charge is -2.24. The summed E-state index contributed by atoms with van der Waals surface area (Å²) in [6, 6.07) is 7.54. The molecule has 3 heterocycles. The molecule has 4 rings (SSSR count). The summed E-state index contributed by atoms with van der Waals surface area (Å²) in [5, 5.41) is 0. The van der Waals surface area contributed by atoms with Gasteiger partial charge in [0.25, 0.3) is 5.91 Å². The van der Waals surface area contributed by atoms with Crippen molar-refractivity contribution in [2.45, 2.75) is 31.3 Å². The average molecular weight is 315 g/mol. The highest BCUT2D eigenvalue weighted by molar-refractivity contribution is 6.05. The monoisotopic (exact) mass is 315 g/mol. The molecule has 1 aromatic rings. The van der Waals surface area contributed by atoms with Crippen LogP contribution in [0.3, 0.4) is 0 Å². The van der Waals surface area contributed by atoms with Crippen molar-refractivity contribution in [1.29, 1.82) is 0 Å². The van der Waals surface area contributed by atoms with Crippen LogP contribution >= 0.6 is 0 Å². The second kappa shape index (κ2) is 5.44. The number of benzene rings is 1. The lowest BCUT2D eigenvalue weighted by Crippen LogP contribution is -2.43. The Bertz CT molecular complexity index is 626. The first kappa shape index (κ1) is 14.4. The summed E-state index contributed by atoms with van der Waals surface area (Å²) in [5.41, 5.74) is 1.03. The van der Waals surface area contributed by atoms with Gasteiger partial charge in [0, 0.05) is 19.6 Å². The largest absolute Gasteiger partial charge is 0.495 e. The minimum Gasteiger partial charge on any atom is -0.495 e. The number of para-hydroxylation sites is 2. The molecule has 0 spiro atoms. The zero-order chi connectivity index (χ0) is 16.0. The molecule has 3 amide bonds. The van der Waals surface area contributed by atoms with E-state index in [9.17, 15) is 9.59 Å². The van der Waals surface area contributed by atoms with E-state index in [1.165, 1.54) is 4.90 Å². The van der Waals surface area contributed by atoms with Gasteiger partial charge in [-0.25, -0.2) is 4.79 Å². The second-order valence-corrected chi connectivity index (χ2v) is 6.40. The van der Waals surface area contributed by atoms with Crippen molar-refractivity contribution < 1.29 is 14.3 Å². The van der Waals surface area contributed by atoms with Crippen LogP contribution in [0.4, 0.5) is 10.5 Å². The first-order valence-corrected chi connectivity index (χ1v) is 8.22. The standard InChI is InChI=1S/C17H21N3O3/c1-23-15-7-3-2-5-13(15)18-10-8-12(11-18)20-16(21)14-6-4-9-19(14)17(20)22/h2-3,5,7,12,14H,4,6,8-11H2,1H3/t12?,14-/m1/s1. The van der Waals surface area contributed by atoms with Gasteiger partial charge in [0.05, 0.1) is 18.8 Å². The predicted octanol–water partition coefficient (Wildman–Crippen LogP) is 1.70. The summed E-state index contributed by atoms with van der Waals surface area (Å²) in [6.07, 6.45) is 2.56. The number of fused-ring (bicyclic) bond motifs is 1. The number of amides is 3. The van der Waals surface area contributed by atoms with Gasteiger partial charge >= 0.3 is 6.03 Å². The summed E-state index contributed by atoms with van der Waals surface area (Å²) in [6.45, 7) is 2.22. The fraction of sp³-hybridized carbons (Fsp3) is 0.529. The zero-order valence-corrected chi connectivity index (χ0v) is 13.3. The van der Waals surface area contributed by atoms with Gasteiger partial charge in [-0.15, -0.1) is 0 Å². The fourth-order valence-electron chi connectivity index (χ4n) is 4.04. The number of anilines is 1. The SMILES string of the molecule is COc1ccccc1N1CCC(N2C(=O)[C@H]3CCCN3C2=O)C1. The average Bonchev–Trinajstić information content (AvgIpc) is 3.27. The van der Waals surface area contributed by atoms with E-state index in [4.69, 9.17) is 4.74 Å². The topological polar surface area (TPSA) is 53.1 Å². The smallest absolute Gasteiger partial charge is 0.327 e. The summed E-state index contributed by atoms with van der Waals surface area (Å²) in [4.78, 5) is 30.6. The maximum atomic E-state index is 12.6. The lowest BCUT2D eigenvalue weighted by atomic mass is 10.2. The van der Waals surface area contributed by atoms with Crippen LogP contribution in [0, 0.1) is 0 Å². The van der Waals surface area contributed by atoms with Gasteiger partial charge in [0.15, 0.2) is 0 Å². The number of urea groups is 1. The summed E-state index contributed by atoms with van der Waals surface area (Å²) >= 11 is 0. The molecule has 0 aliphatic carbocycles. The van der Waals surface area contributed by atoms with E-state index in [0.29, 0.717) is 13.1 Å². The summed E-state index contributed by atoms with van der Waals surface area (Å²) in [5.74, 6) is 0.826. The Morgan fingerprint density at radius 1 is 1.13 bits per heavy atom. The Balaban J connectivity index is 1.53. The molecule has 0 radical (unpaired) electrons. The van der Waals surface area contributed by atoms with Crippen molar-refractivity contribution in [1.82, 2.24) is 9.80 Å². The Morgan fingerprint density at radius 3 is 2.74 bits per heavy atom. The molecule has 1 aromatic carbocycles. The third-order valence-corrected chi connectivity index (χ3v) is 5.18. The number of hydrogen-bond acceptors (Lipinski definition) is 4. The molecule has 0 saturated carbocycles. The summed E-state index contributed by atoms with van der Waals surface area (Å²) < 4.78 is 5.42. The molecular weight excluding hydrogens is 294 g/mol. The van der Waals surface area contributed by atoms with E-state index < -0.39 is 0 Å². The molecule has 3 saturated heterocycles. The highest BCUT2D eigenvalue weighted by Crippen LogP contribution is 2.34. The molecule has 1 unspecified atom stereocenters. The van der Waals surface area contributed by atoms with Crippen LogP contribution in [0.25, 0.3) is 0 Å². The van der Waals surface area contributed by atoms with Crippen LogP contribution < -0.4 is 9.64 Å². The predicted molar refractivity (Wildman–Crippen MR) is 85.6 cm³/mol. The number of nitrogens with zero attached hydrogens (tertiary/aromatic N) is 3. The number of imide groups is 1. The van der Waals surface area contributed by atoms with E-state index >= 15 is 0 Å². The molecule has 0 aromatic heterocycles. The minimum atomic E-state index is -0.206. The molecule has 0 N–H and O–H groups in total. The Labute approximate surface area is 135 Å². The quantitative estimate of drug-likeness (QED) is 0.797. The number of carbonyl (C=O) groups excluding carboxylic acids is 2. The van der Waals surface area contributed by atoms with E-state index in [1.54, 1.807) is 12.0 Å². The number of ether oxygens (including phenoxy) is 1. The van der Waals surface area contributed by atoms with Crippen LogP contribution in [0.15, 0.2) is 24.3 Å². The van der Waals surface area contributed by atoms with E-state index in [2.05, 4.69) is 4.90 Å². The van der Waals surface area contributed by atoms with Gasteiger partial charge in [0.2, 0.25) is 0 Å². The van der Waals surface area contributed by atoms with Gasteiger partial charge < -0.3 is 14.5 Å². The van der Waals surface area contributed by atoms with Crippen molar-refractivity contribution in [3.05, 3.63) is 24.3 Å². The number of rotatable bonds is 3. The minimum absolute atomic E-state index is 0.000577. The Hall–Kier alpha value is -2.24. The van der Waals surface area contributed by atoms with Gasteiger partial charge in [-0.3, -0.25) is 9.69 Å². The maximum Gasteiger partial charge on any atom is 0.327 e. The Morgan fingerprint density at radius 2 is 1.96 bits per heavy atom. The molecule has 6 nitrogen and oxygen atoms in total. The maximum absolute atomic E-state index is 12.6. The van der Waals surface area contributed by atoms with Crippen molar-refractivity contribution in [3.8, 4) is 5.75 Å². The lowest BCUT2D eigenvalue weighted by molar-refractivity contribution is -0.129. The zero-order valence-electron chi connectivity index (χ0n) is 13.3. The number of carbonyl (C=O) groups is 2. The van der Waals surface area contributed by atoms with Crippen molar-refractivity contribution in [2.24, 2.45) is 0 Å². The number of methoxy groups -OCH3 is 1. The second-order valence-electron chi connectivity index (χ2n) is 6.40. The molecule has 2 atom stereocenters. The van der Waals surface area contributed by atoms with Crippen LogP contribution in [0.5, 0.6) is 5.75 Å². The van der Waals surface area contributed by atoms with Gasteiger partial charge in [-0.05, 0) is 31.4 Å². The van der Waals surface area contributed by atoms with E-state index in [-0.39, 0.29) is 24.0 Å². The molecule has 3 fully saturated rings. The molecule has 0 bridgehead atoms.